The molecule has 0 bridgehead atoms. The fraction of sp³-hybridized carbons (Fsp3) is 1.00. The summed E-state index contributed by atoms with van der Waals surface area (Å²) in [5, 5.41) is 0. The van der Waals surface area contributed by atoms with Crippen LogP contribution in [0.25, 0.3) is 0 Å². The molecule has 2 N–H and O–H groups in total. The van der Waals surface area contributed by atoms with Gasteiger partial charge >= 0.3 is 0 Å². The summed E-state index contributed by atoms with van der Waals surface area (Å²) in [7, 11) is 1.74. The van der Waals surface area contributed by atoms with E-state index < -0.39 is 0 Å². The van der Waals surface area contributed by atoms with Crippen molar-refractivity contribution in [2.75, 3.05) is 20.3 Å². The van der Waals surface area contributed by atoms with Crippen LogP contribution < -0.4 is 5.73 Å². The lowest BCUT2D eigenvalue weighted by Crippen LogP contribution is -2.04. The van der Waals surface area contributed by atoms with Crippen molar-refractivity contribution in [1.29, 1.82) is 0 Å². The molecule has 2 heteroatoms. The molecular weight excluding hydrogens is 102 g/mol. The van der Waals surface area contributed by atoms with Crippen LogP contribution in [-0.4, -0.2) is 20.3 Å². The number of methoxy groups -OCH3 is 1. The molecule has 0 aromatic heterocycles. The van der Waals surface area contributed by atoms with E-state index in [2.05, 4.69) is 0 Å². The van der Waals surface area contributed by atoms with E-state index in [4.69, 9.17) is 10.5 Å². The molecule has 8 heavy (non-hydrogen) atoms. The molecule has 0 amide bonds. The molecule has 0 heterocycles. The Morgan fingerprint density at radius 1 is 1.62 bits per heavy atom. The minimum Gasteiger partial charge on any atom is -0.384 e. The van der Waals surface area contributed by atoms with Gasteiger partial charge in [0.2, 0.25) is 0 Å². The summed E-state index contributed by atoms with van der Waals surface area (Å²) < 4.78 is 4.94. The zero-order chi connectivity index (χ0) is 5.98. The maximum Gasteiger partial charge on any atom is 0.0493 e. The van der Waals surface area contributed by atoms with Crippen molar-refractivity contribution < 1.29 is 4.74 Å². The summed E-state index contributed by atoms with van der Waals surface area (Å²) in [4.78, 5) is 0. The third-order valence-corrected chi connectivity index (χ3v) is 1.75. The topological polar surface area (TPSA) is 35.2 Å². The van der Waals surface area contributed by atoms with Crippen LogP contribution in [0.3, 0.4) is 0 Å². The molecule has 1 aliphatic rings. The Hall–Kier alpha value is -0.0800. The van der Waals surface area contributed by atoms with Gasteiger partial charge in [-0.05, 0) is 24.8 Å². The number of hydrogen-bond donors (Lipinski definition) is 1. The van der Waals surface area contributed by atoms with Gasteiger partial charge < -0.3 is 10.5 Å². The molecular formula is C6H13NO. The number of rotatable bonds is 3. The molecule has 0 spiro atoms. The van der Waals surface area contributed by atoms with E-state index in [1.807, 2.05) is 0 Å². The first-order valence-electron chi connectivity index (χ1n) is 3.07. The summed E-state index contributed by atoms with van der Waals surface area (Å²) in [6.07, 6.45) is 1.28. The molecule has 0 radical (unpaired) electrons. The van der Waals surface area contributed by atoms with E-state index in [1.54, 1.807) is 7.11 Å². The highest BCUT2D eigenvalue weighted by molar-refractivity contribution is 4.86. The van der Waals surface area contributed by atoms with Crippen molar-refractivity contribution in [1.82, 2.24) is 0 Å². The predicted octanol–water partition coefficient (Wildman–Crippen LogP) is 0.228. The highest BCUT2D eigenvalue weighted by atomic mass is 16.5. The summed E-state index contributed by atoms with van der Waals surface area (Å²) in [6.45, 7) is 1.75. The Kier molecular flexibility index (Phi) is 1.86. The normalized spacial score (nSPS) is 35.2. The zero-order valence-electron chi connectivity index (χ0n) is 5.26. The summed E-state index contributed by atoms with van der Waals surface area (Å²) >= 11 is 0. The molecule has 1 rings (SSSR count). The van der Waals surface area contributed by atoms with Gasteiger partial charge in [-0.15, -0.1) is 0 Å². The van der Waals surface area contributed by atoms with Gasteiger partial charge in [-0.3, -0.25) is 0 Å². The Labute approximate surface area is 50.0 Å². The van der Waals surface area contributed by atoms with Gasteiger partial charge in [-0.2, -0.15) is 0 Å². The fourth-order valence-electron chi connectivity index (χ4n) is 1.02. The van der Waals surface area contributed by atoms with Crippen LogP contribution in [0.2, 0.25) is 0 Å². The predicted molar refractivity (Wildman–Crippen MR) is 32.5 cm³/mol. The molecule has 0 unspecified atom stereocenters. The van der Waals surface area contributed by atoms with Crippen LogP contribution >= 0.6 is 0 Å². The zero-order valence-corrected chi connectivity index (χ0v) is 5.26. The van der Waals surface area contributed by atoms with Crippen LogP contribution in [0.5, 0.6) is 0 Å². The van der Waals surface area contributed by atoms with Crippen molar-refractivity contribution >= 4 is 0 Å². The molecule has 1 fully saturated rings. The quantitative estimate of drug-likeness (QED) is 0.571. The molecule has 2 nitrogen and oxygen atoms in total. The van der Waals surface area contributed by atoms with Gasteiger partial charge in [0.25, 0.3) is 0 Å². The lowest BCUT2D eigenvalue weighted by atomic mass is 10.3. The summed E-state index contributed by atoms with van der Waals surface area (Å²) in [5.41, 5.74) is 5.40. The molecule has 1 saturated carbocycles. The van der Waals surface area contributed by atoms with Gasteiger partial charge in [-0.1, -0.05) is 0 Å². The molecule has 2 atom stereocenters. The second kappa shape index (κ2) is 2.46. The minimum absolute atomic E-state index is 0.773. The van der Waals surface area contributed by atoms with Crippen molar-refractivity contribution in [2.45, 2.75) is 6.42 Å². The first-order chi connectivity index (χ1) is 3.88. The van der Waals surface area contributed by atoms with Crippen LogP contribution in [-0.2, 0) is 4.74 Å². The Balaban J connectivity index is 1.99. The number of hydrogen-bond acceptors (Lipinski definition) is 2. The van der Waals surface area contributed by atoms with E-state index in [0.29, 0.717) is 0 Å². The molecule has 48 valence electrons. The van der Waals surface area contributed by atoms with E-state index in [9.17, 15) is 0 Å². The van der Waals surface area contributed by atoms with Crippen LogP contribution in [0.1, 0.15) is 6.42 Å². The minimum atomic E-state index is 0.773. The van der Waals surface area contributed by atoms with Crippen LogP contribution in [0.4, 0.5) is 0 Å². The first-order valence-corrected chi connectivity index (χ1v) is 3.07. The second-order valence-electron chi connectivity index (χ2n) is 2.45. The van der Waals surface area contributed by atoms with Crippen molar-refractivity contribution in [3.05, 3.63) is 0 Å². The van der Waals surface area contributed by atoms with Gasteiger partial charge in [-0.25, -0.2) is 0 Å². The van der Waals surface area contributed by atoms with Crippen LogP contribution in [0.15, 0.2) is 0 Å². The average molecular weight is 115 g/mol. The van der Waals surface area contributed by atoms with Crippen LogP contribution in [0, 0.1) is 11.8 Å². The maximum atomic E-state index is 5.40. The largest absolute Gasteiger partial charge is 0.384 e. The molecule has 1 aliphatic carbocycles. The van der Waals surface area contributed by atoms with Gasteiger partial charge in [0.15, 0.2) is 0 Å². The smallest absolute Gasteiger partial charge is 0.0493 e. The Bertz CT molecular complexity index is 74.9. The van der Waals surface area contributed by atoms with Gasteiger partial charge in [0.05, 0.1) is 0 Å². The second-order valence-corrected chi connectivity index (χ2v) is 2.45. The first kappa shape index (κ1) is 6.05. The van der Waals surface area contributed by atoms with Crippen molar-refractivity contribution in [2.24, 2.45) is 17.6 Å². The van der Waals surface area contributed by atoms with Crippen molar-refractivity contribution in [3.8, 4) is 0 Å². The molecule has 0 aromatic carbocycles. The highest BCUT2D eigenvalue weighted by Crippen LogP contribution is 2.36. The fourth-order valence-corrected chi connectivity index (χ4v) is 1.02. The number of ether oxygens (including phenoxy) is 1. The standard InChI is InChI=1S/C6H13NO/c1-8-4-6-2-5(6)3-7/h5-6H,2-4,7H2,1H3/t5-,6-/m0/s1. The molecule has 0 aliphatic heterocycles. The Morgan fingerprint density at radius 3 is 2.75 bits per heavy atom. The van der Waals surface area contributed by atoms with E-state index in [0.717, 1.165) is 25.0 Å². The van der Waals surface area contributed by atoms with Gasteiger partial charge in [0, 0.05) is 13.7 Å². The highest BCUT2D eigenvalue weighted by Gasteiger charge is 2.34. The lowest BCUT2D eigenvalue weighted by Gasteiger charge is -1.92. The summed E-state index contributed by atoms with van der Waals surface area (Å²) in [5.74, 6) is 1.56. The van der Waals surface area contributed by atoms with E-state index in [-0.39, 0.29) is 0 Å². The summed E-state index contributed by atoms with van der Waals surface area (Å²) in [6, 6.07) is 0. The third kappa shape index (κ3) is 1.20. The van der Waals surface area contributed by atoms with E-state index >= 15 is 0 Å². The molecule has 0 aromatic rings. The average Bonchev–Trinajstić information content (AvgIpc) is 2.48. The lowest BCUT2D eigenvalue weighted by molar-refractivity contribution is 0.181. The van der Waals surface area contributed by atoms with Gasteiger partial charge in [0.1, 0.15) is 0 Å². The molecule has 0 saturated heterocycles. The van der Waals surface area contributed by atoms with Crippen molar-refractivity contribution in [3.63, 3.8) is 0 Å². The maximum absolute atomic E-state index is 5.40. The van der Waals surface area contributed by atoms with E-state index in [1.165, 1.54) is 6.42 Å². The SMILES string of the molecule is COC[C@@H]1C[C@H]1CN. The third-order valence-electron chi connectivity index (χ3n) is 1.75. The number of nitrogens with two attached hydrogens (primary N) is 1. The Morgan fingerprint density at radius 2 is 2.38 bits per heavy atom. The monoisotopic (exact) mass is 115 g/mol.